The van der Waals surface area contributed by atoms with Gasteiger partial charge in [-0.1, -0.05) is 20.1 Å². The maximum absolute atomic E-state index is 10.4. The third-order valence-electron chi connectivity index (χ3n) is 0.804. The van der Waals surface area contributed by atoms with Crippen molar-refractivity contribution in [3.8, 4) is 46.9 Å². The molecule has 0 rings (SSSR count). The molecule has 0 saturated carbocycles. The molecule has 0 aromatic carbocycles. The maximum Gasteiger partial charge on any atom is 0.228 e. The summed E-state index contributed by atoms with van der Waals surface area (Å²) in [6.07, 6.45) is 1.29. The number of rotatable bonds is 0. The van der Waals surface area contributed by atoms with Crippen LogP contribution in [0.2, 0.25) is 0 Å². The van der Waals surface area contributed by atoms with Gasteiger partial charge in [-0.2, -0.15) is 4.99 Å². The number of carbonyl (C=O) groups excluding carboxylic acids is 1. The molecule has 0 saturated heterocycles. The Morgan fingerprint density at radius 3 is 2.69 bits per heavy atom. The maximum atomic E-state index is 10.4. The van der Waals surface area contributed by atoms with E-state index in [9.17, 15) is 4.79 Å². The highest BCUT2D eigenvalue weighted by Gasteiger charge is 1.78. The van der Waals surface area contributed by atoms with Crippen molar-refractivity contribution in [2.24, 2.45) is 4.99 Å². The Hall–Kier alpha value is -2.27. The average Bonchev–Trinajstić information content (AvgIpc) is 2.20. The fraction of sp³-hybridized carbons (Fsp3) is 0.167. The summed E-state index contributed by atoms with van der Waals surface area (Å²) in [5.41, 5.74) is 0. The fourth-order valence-corrected chi connectivity index (χ4v) is 0.428. The first-order chi connectivity index (χ1) is 7.27. The molecule has 1 amide bonds. The Bertz CT molecular complexity index is 490. The smallest absolute Gasteiger partial charge is 0.228 e. The predicted octanol–water partition coefficient (Wildman–Crippen LogP) is 0.645. The van der Waals surface area contributed by atoms with Gasteiger partial charge in [-0.15, -0.1) is 0 Å². The molecule has 80 valence electrons. The van der Waals surface area contributed by atoms with Crippen molar-refractivity contribution < 1.29 is 4.79 Å². The minimum atomic E-state index is -0.228. The lowest BCUT2D eigenvalue weighted by molar-refractivity contribution is -0.117. The van der Waals surface area contributed by atoms with Crippen molar-refractivity contribution in [2.75, 3.05) is 0 Å². The van der Waals surface area contributed by atoms with Gasteiger partial charge in [0.15, 0.2) is 0 Å². The molecule has 0 spiro atoms. The van der Waals surface area contributed by atoms with E-state index in [2.05, 4.69) is 69.9 Å². The first-order valence-corrected chi connectivity index (χ1v) is 4.15. The lowest BCUT2D eigenvalue weighted by atomic mass is 10.6. The van der Waals surface area contributed by atoms with Crippen molar-refractivity contribution in [3.63, 3.8) is 0 Å². The molecule has 0 aliphatic heterocycles. The van der Waals surface area contributed by atoms with Gasteiger partial charge in [0, 0.05) is 30.9 Å². The van der Waals surface area contributed by atoms with E-state index in [0.717, 1.165) is 0 Å². The van der Waals surface area contributed by atoms with Crippen molar-refractivity contribution in [1.82, 2.24) is 5.32 Å². The summed E-state index contributed by atoms with van der Waals surface area (Å²) >= 11 is 3.62. The quantitative estimate of drug-likeness (QED) is 0.273. The van der Waals surface area contributed by atoms with Gasteiger partial charge in [0.1, 0.15) is 0 Å². The highest BCUT2D eigenvalue weighted by atomic mass is 32.1. The number of nitrogens with one attached hydrogen (secondary N) is 1. The van der Waals surface area contributed by atoms with Gasteiger partial charge in [0.05, 0.1) is 6.21 Å². The predicted molar refractivity (Wildman–Crippen MR) is 69.1 cm³/mol. The summed E-state index contributed by atoms with van der Waals surface area (Å²) in [4.78, 5) is 13.9. The van der Waals surface area contributed by atoms with Crippen LogP contribution in [-0.4, -0.2) is 12.1 Å². The normalized spacial score (nSPS) is 6.12. The highest BCUT2D eigenvalue weighted by Crippen LogP contribution is 1.62. The van der Waals surface area contributed by atoms with Crippen LogP contribution < -0.4 is 5.32 Å². The molecule has 0 atom stereocenters. The van der Waals surface area contributed by atoms with Gasteiger partial charge < -0.3 is 0 Å². The second kappa shape index (κ2) is 12.7. The van der Waals surface area contributed by atoms with Crippen LogP contribution in [0.1, 0.15) is 14.4 Å². The third-order valence-corrected chi connectivity index (χ3v) is 0.915. The number of thiol groups is 1. The van der Waals surface area contributed by atoms with E-state index in [1.165, 1.54) is 13.1 Å². The van der Waals surface area contributed by atoms with E-state index in [0.29, 0.717) is 0 Å². The fourth-order valence-electron chi connectivity index (χ4n) is 0.372. The Morgan fingerprint density at radius 2 is 2.06 bits per heavy atom. The Balaban J connectivity index is 0. The number of nitrogens with zero attached hydrogens (tertiary/aromatic N) is 1. The van der Waals surface area contributed by atoms with Crippen molar-refractivity contribution in [2.45, 2.75) is 14.4 Å². The third kappa shape index (κ3) is 14.3. The topological polar surface area (TPSA) is 41.5 Å². The largest absolute Gasteiger partial charge is 0.285 e. The molecule has 0 aliphatic carbocycles. The summed E-state index contributed by atoms with van der Waals surface area (Å²) in [7, 11) is 0. The Kier molecular flexibility index (Phi) is 12.9. The molecule has 1 N–H and O–H groups in total. The summed E-state index contributed by atoms with van der Waals surface area (Å²) < 4.78 is 0. The standard InChI is InChI=1S/C11H6N2OS.CH4/c1-11(14)13-9-4-2-3-7-12-8-5-6-10-15;/h7,15H,1H3,(H,13,14);1H4. The summed E-state index contributed by atoms with van der Waals surface area (Å²) in [5, 5.41) is 4.56. The van der Waals surface area contributed by atoms with Crippen LogP contribution in [0.3, 0.4) is 0 Å². The second-order valence-electron chi connectivity index (χ2n) is 1.93. The van der Waals surface area contributed by atoms with E-state index < -0.39 is 0 Å². The van der Waals surface area contributed by atoms with E-state index in [4.69, 9.17) is 0 Å². The van der Waals surface area contributed by atoms with Crippen molar-refractivity contribution >= 4 is 24.8 Å². The van der Waals surface area contributed by atoms with Crippen LogP contribution in [0.5, 0.6) is 0 Å². The van der Waals surface area contributed by atoms with Crippen LogP contribution in [0.15, 0.2) is 4.99 Å². The van der Waals surface area contributed by atoms with Crippen LogP contribution in [-0.2, 0) is 4.79 Å². The molecule has 0 heterocycles. The second-order valence-corrected chi connectivity index (χ2v) is 2.16. The van der Waals surface area contributed by atoms with Crippen LogP contribution in [0, 0.1) is 46.9 Å². The van der Waals surface area contributed by atoms with Crippen molar-refractivity contribution in [1.29, 1.82) is 0 Å². The molecule has 0 aromatic heterocycles. The highest BCUT2D eigenvalue weighted by molar-refractivity contribution is 7.85. The van der Waals surface area contributed by atoms with Gasteiger partial charge in [0.25, 0.3) is 0 Å². The van der Waals surface area contributed by atoms with Gasteiger partial charge in [-0.3, -0.25) is 10.1 Å². The van der Waals surface area contributed by atoms with E-state index in [1.807, 2.05) is 0 Å². The lowest BCUT2D eigenvalue weighted by Gasteiger charge is -1.80. The SMILES string of the molecule is C.CC(=O)NC#CC#CC=NC#CC#CS. The molecule has 0 radical (unpaired) electrons. The van der Waals surface area contributed by atoms with Gasteiger partial charge in [-0.05, 0) is 23.0 Å². The molecule has 0 unspecified atom stereocenters. The van der Waals surface area contributed by atoms with Crippen LogP contribution in [0.25, 0.3) is 0 Å². The molecule has 4 heteroatoms. The molecule has 0 fully saturated rings. The van der Waals surface area contributed by atoms with Crippen molar-refractivity contribution in [3.05, 3.63) is 0 Å². The molecule has 0 aromatic rings. The van der Waals surface area contributed by atoms with Gasteiger partial charge in [-0.25, -0.2) is 0 Å². The molecule has 16 heavy (non-hydrogen) atoms. The lowest BCUT2D eigenvalue weighted by Crippen LogP contribution is -2.11. The van der Waals surface area contributed by atoms with E-state index in [1.54, 1.807) is 0 Å². The first-order valence-electron chi connectivity index (χ1n) is 3.70. The Morgan fingerprint density at radius 1 is 1.31 bits per heavy atom. The zero-order valence-corrected chi connectivity index (χ0v) is 8.77. The molecule has 3 nitrogen and oxygen atoms in total. The zero-order chi connectivity index (χ0) is 11.4. The van der Waals surface area contributed by atoms with Crippen LogP contribution in [0.4, 0.5) is 0 Å². The van der Waals surface area contributed by atoms with E-state index >= 15 is 0 Å². The van der Waals surface area contributed by atoms with Gasteiger partial charge >= 0.3 is 0 Å². The number of amides is 1. The number of aliphatic imine (C=N–C) groups is 1. The van der Waals surface area contributed by atoms with Gasteiger partial charge in [0.2, 0.25) is 5.91 Å². The number of hydrogen-bond donors (Lipinski definition) is 2. The first kappa shape index (κ1) is 16.2. The minimum absolute atomic E-state index is 0. The number of hydrogen-bond acceptors (Lipinski definition) is 3. The van der Waals surface area contributed by atoms with Crippen LogP contribution >= 0.6 is 12.6 Å². The summed E-state index contributed by atoms with van der Waals surface area (Å²) in [6.45, 7) is 1.36. The summed E-state index contributed by atoms with van der Waals surface area (Å²) in [5.74, 6) is 11.9. The molecular weight excluding hydrogens is 220 g/mol. The zero-order valence-electron chi connectivity index (χ0n) is 7.88. The average molecular weight is 230 g/mol. The Labute approximate surface area is 102 Å². The van der Waals surface area contributed by atoms with E-state index in [-0.39, 0.29) is 13.3 Å². The molecule has 0 bridgehead atoms. The molecular formula is C12H10N2OS. The monoisotopic (exact) mass is 230 g/mol. The number of carbonyl (C=O) groups is 1. The summed E-state index contributed by atoms with van der Waals surface area (Å²) in [6, 6.07) is 4.71. The molecule has 0 aliphatic rings. The minimum Gasteiger partial charge on any atom is -0.285 e.